The van der Waals surface area contributed by atoms with Gasteiger partial charge in [0.2, 0.25) is 5.88 Å². The minimum absolute atomic E-state index is 0.206. The quantitative estimate of drug-likeness (QED) is 0.330. The number of benzene rings is 1. The first-order valence-electron chi connectivity index (χ1n) is 12.0. The Morgan fingerprint density at radius 3 is 2.72 bits per heavy atom. The lowest BCUT2D eigenvalue weighted by molar-refractivity contribution is -0.0371. The maximum atomic E-state index is 15.2. The lowest BCUT2D eigenvalue weighted by Crippen LogP contribution is -2.19. The average Bonchev–Trinajstić information content (AvgIpc) is 3.26. The third-order valence-corrected chi connectivity index (χ3v) is 7.52. The molecule has 1 atom stereocenters. The van der Waals surface area contributed by atoms with Crippen LogP contribution in [0.4, 0.5) is 18.9 Å². The Kier molecular flexibility index (Phi) is 7.32. The predicted molar refractivity (Wildman–Crippen MR) is 133 cm³/mol. The number of anilines is 1. The van der Waals surface area contributed by atoms with E-state index in [0.717, 1.165) is 50.1 Å². The number of fused-ring (bicyclic) bond motifs is 1. The third kappa shape index (κ3) is 5.34. The van der Waals surface area contributed by atoms with Crippen LogP contribution in [0.3, 0.4) is 0 Å². The van der Waals surface area contributed by atoms with Crippen LogP contribution in [0.25, 0.3) is 11.0 Å². The third-order valence-electron chi connectivity index (χ3n) is 6.16. The predicted octanol–water partition coefficient (Wildman–Crippen LogP) is 4.64. The topological polar surface area (TPSA) is 117 Å². The van der Waals surface area contributed by atoms with Crippen molar-refractivity contribution in [3.8, 4) is 11.6 Å². The maximum Gasteiger partial charge on any atom is 0.267 e. The minimum atomic E-state index is -4.56. The number of hydrogen-bond acceptors (Lipinski definition) is 8. The van der Waals surface area contributed by atoms with E-state index in [0.29, 0.717) is 29.6 Å². The molecule has 4 aromatic rings. The smallest absolute Gasteiger partial charge is 0.267 e. The molecular weight excluding hydrogens is 539 g/mol. The fraction of sp³-hybridized carbons (Fsp3) is 0.320. The number of methoxy groups -OCH3 is 1. The number of sulfonamides is 1. The van der Waals surface area contributed by atoms with Crippen LogP contribution in [-0.4, -0.2) is 41.9 Å². The number of hydrogen-bond donors (Lipinski definition) is 1. The summed E-state index contributed by atoms with van der Waals surface area (Å²) in [5.41, 5.74) is 1.23. The van der Waals surface area contributed by atoms with Gasteiger partial charge in [-0.1, -0.05) is 0 Å². The number of rotatable bonds is 8. The Morgan fingerprint density at radius 1 is 1.15 bits per heavy atom. The van der Waals surface area contributed by atoms with Crippen molar-refractivity contribution in [2.45, 2.75) is 43.9 Å². The molecule has 0 bridgehead atoms. The fourth-order valence-corrected chi connectivity index (χ4v) is 5.45. The summed E-state index contributed by atoms with van der Waals surface area (Å²) in [4.78, 5) is 7.37. The fourth-order valence-electron chi connectivity index (χ4n) is 4.26. The second kappa shape index (κ2) is 10.7. The van der Waals surface area contributed by atoms with Crippen molar-refractivity contribution in [2.24, 2.45) is 0 Å². The normalized spacial score (nSPS) is 15.9. The molecule has 1 unspecified atom stereocenters. The zero-order valence-corrected chi connectivity index (χ0v) is 21.8. The summed E-state index contributed by atoms with van der Waals surface area (Å²) in [5.74, 6) is -4.50. The van der Waals surface area contributed by atoms with Crippen molar-refractivity contribution in [1.29, 1.82) is 0 Å². The number of ether oxygens (including phenoxy) is 3. The molecule has 0 radical (unpaired) electrons. The van der Waals surface area contributed by atoms with Gasteiger partial charge in [-0.3, -0.25) is 4.72 Å². The van der Waals surface area contributed by atoms with Gasteiger partial charge in [0.1, 0.15) is 12.4 Å². The van der Waals surface area contributed by atoms with Gasteiger partial charge in [-0.15, -0.1) is 0 Å². The molecule has 1 N–H and O–H groups in total. The van der Waals surface area contributed by atoms with E-state index < -0.39 is 49.7 Å². The second-order valence-electron chi connectivity index (χ2n) is 8.86. The molecule has 0 amide bonds. The first-order valence-corrected chi connectivity index (χ1v) is 13.4. The van der Waals surface area contributed by atoms with Crippen LogP contribution in [0.1, 0.15) is 36.7 Å². The lowest BCUT2D eigenvalue weighted by Gasteiger charge is -2.23. The molecule has 3 aromatic heterocycles. The molecule has 0 aliphatic carbocycles. The summed E-state index contributed by atoms with van der Waals surface area (Å²) >= 11 is 0. The number of halogens is 3. The molecule has 1 aliphatic heterocycles. The Bertz CT molecular complexity index is 1640. The minimum Gasteiger partial charge on any atom is -0.483 e. The summed E-state index contributed by atoms with van der Waals surface area (Å²) < 4.78 is 88.8. The van der Waals surface area contributed by atoms with Crippen LogP contribution in [0.15, 0.2) is 41.6 Å². The van der Waals surface area contributed by atoms with E-state index in [1.807, 2.05) is 11.6 Å². The highest BCUT2D eigenvalue weighted by molar-refractivity contribution is 7.92. The van der Waals surface area contributed by atoms with E-state index in [1.165, 1.54) is 6.20 Å². The highest BCUT2D eigenvalue weighted by Gasteiger charge is 2.26. The van der Waals surface area contributed by atoms with Crippen molar-refractivity contribution in [3.05, 3.63) is 65.4 Å². The van der Waals surface area contributed by atoms with E-state index in [2.05, 4.69) is 15.1 Å². The standard InChI is InChI=1S/C25H24F3N5O5S/c1-14-17-9-15(11-29-24(17)33(31-14)21-5-3-4-8-37-21)13-38-23-18(27)6-7-19(22(23)28)32-39(34,35)20-10-16(26)12-30-25(20)36-2/h6-7,9-12,21,32H,3-5,8,13H2,1-2H3. The summed E-state index contributed by atoms with van der Waals surface area (Å²) in [6.07, 6.45) is 4.91. The van der Waals surface area contributed by atoms with Gasteiger partial charge >= 0.3 is 0 Å². The van der Waals surface area contributed by atoms with E-state index in [9.17, 15) is 17.2 Å². The average molecular weight is 564 g/mol. The summed E-state index contributed by atoms with van der Waals surface area (Å²) in [6.45, 7) is 2.21. The van der Waals surface area contributed by atoms with E-state index in [1.54, 1.807) is 10.7 Å². The first kappa shape index (κ1) is 26.7. The number of nitrogens with zero attached hydrogens (tertiary/aromatic N) is 4. The molecule has 0 spiro atoms. The Hall–Kier alpha value is -3.91. The van der Waals surface area contributed by atoms with Crippen molar-refractivity contribution in [1.82, 2.24) is 19.7 Å². The molecule has 10 nitrogen and oxygen atoms in total. The Balaban J connectivity index is 1.38. The molecule has 1 aliphatic rings. The number of pyridine rings is 2. The monoisotopic (exact) mass is 563 g/mol. The lowest BCUT2D eigenvalue weighted by atomic mass is 10.2. The zero-order valence-electron chi connectivity index (χ0n) is 20.9. The van der Waals surface area contributed by atoms with Gasteiger partial charge in [0.15, 0.2) is 34.2 Å². The van der Waals surface area contributed by atoms with E-state index >= 15 is 4.39 Å². The molecule has 5 rings (SSSR count). The van der Waals surface area contributed by atoms with Crippen LogP contribution < -0.4 is 14.2 Å². The van der Waals surface area contributed by atoms with Gasteiger partial charge in [-0.25, -0.2) is 36.2 Å². The van der Waals surface area contributed by atoms with Gasteiger partial charge in [0.25, 0.3) is 10.0 Å². The van der Waals surface area contributed by atoms with E-state index in [-0.39, 0.29) is 12.8 Å². The van der Waals surface area contributed by atoms with Crippen molar-refractivity contribution < 1.29 is 35.8 Å². The number of aromatic nitrogens is 4. The molecule has 1 fully saturated rings. The number of nitrogens with one attached hydrogen (secondary N) is 1. The zero-order chi connectivity index (χ0) is 27.7. The van der Waals surface area contributed by atoms with E-state index in [4.69, 9.17) is 14.2 Å². The van der Waals surface area contributed by atoms with Crippen LogP contribution in [0.2, 0.25) is 0 Å². The van der Waals surface area contributed by atoms with Crippen LogP contribution >= 0.6 is 0 Å². The van der Waals surface area contributed by atoms with Gasteiger partial charge < -0.3 is 14.2 Å². The Morgan fingerprint density at radius 2 is 1.97 bits per heavy atom. The maximum absolute atomic E-state index is 15.2. The van der Waals surface area contributed by atoms with Crippen LogP contribution in [0.5, 0.6) is 11.6 Å². The number of aryl methyl sites for hydroxylation is 1. The van der Waals surface area contributed by atoms with Crippen molar-refractivity contribution in [2.75, 3.05) is 18.4 Å². The van der Waals surface area contributed by atoms with Crippen LogP contribution in [-0.2, 0) is 21.4 Å². The van der Waals surface area contributed by atoms with Crippen molar-refractivity contribution in [3.63, 3.8) is 0 Å². The summed E-state index contributed by atoms with van der Waals surface area (Å²) in [5, 5.41) is 5.30. The van der Waals surface area contributed by atoms with Gasteiger partial charge in [0.05, 0.1) is 24.7 Å². The van der Waals surface area contributed by atoms with Gasteiger partial charge in [0, 0.05) is 29.8 Å². The molecule has 39 heavy (non-hydrogen) atoms. The molecule has 206 valence electrons. The molecule has 0 saturated carbocycles. The largest absolute Gasteiger partial charge is 0.483 e. The van der Waals surface area contributed by atoms with Gasteiger partial charge in [-0.2, -0.15) is 5.10 Å². The SMILES string of the molecule is COc1ncc(F)cc1S(=O)(=O)Nc1ccc(F)c(OCc2cnc3c(c2)c(C)nn3C2CCCCO2)c1F. The highest BCUT2D eigenvalue weighted by Crippen LogP contribution is 2.32. The van der Waals surface area contributed by atoms with Crippen LogP contribution in [0, 0.1) is 24.4 Å². The molecule has 1 saturated heterocycles. The molecule has 14 heteroatoms. The highest BCUT2D eigenvalue weighted by atomic mass is 32.2. The Labute approximate surface area is 221 Å². The molecule has 1 aromatic carbocycles. The second-order valence-corrected chi connectivity index (χ2v) is 10.5. The summed E-state index contributed by atoms with van der Waals surface area (Å²) in [7, 11) is -3.41. The van der Waals surface area contributed by atoms with Gasteiger partial charge in [-0.05, 0) is 44.4 Å². The molecular formula is C25H24F3N5O5S. The first-order chi connectivity index (χ1) is 18.7. The summed E-state index contributed by atoms with van der Waals surface area (Å²) in [6, 6.07) is 4.15. The molecule has 4 heterocycles. The van der Waals surface area contributed by atoms with Crippen molar-refractivity contribution >= 4 is 26.7 Å².